The molecule has 0 unspecified atom stereocenters. The van der Waals surface area contributed by atoms with Crippen molar-refractivity contribution in [3.63, 3.8) is 0 Å². The second-order valence-corrected chi connectivity index (χ2v) is 4.97. The number of carbonyl (C=O) groups excluding carboxylic acids is 1. The van der Waals surface area contributed by atoms with E-state index in [0.717, 1.165) is 12.3 Å². The number of aldehydes is 1. The van der Waals surface area contributed by atoms with Gasteiger partial charge < -0.3 is 0 Å². The zero-order chi connectivity index (χ0) is 10.9. The third-order valence-corrected chi connectivity index (χ3v) is 3.03. The van der Waals surface area contributed by atoms with Crippen LogP contribution in [0.2, 0.25) is 0 Å². The molecule has 0 N–H and O–H groups in total. The fourth-order valence-corrected chi connectivity index (χ4v) is 1.88. The van der Waals surface area contributed by atoms with E-state index in [1.807, 2.05) is 0 Å². The summed E-state index contributed by atoms with van der Waals surface area (Å²) in [6.45, 7) is 1.37. The Morgan fingerprint density at radius 3 is 2.36 bits per heavy atom. The summed E-state index contributed by atoms with van der Waals surface area (Å²) in [4.78, 5) is 10.0. The van der Waals surface area contributed by atoms with Crippen molar-refractivity contribution in [3.8, 4) is 0 Å². The summed E-state index contributed by atoms with van der Waals surface area (Å²) in [6.07, 6.45) is 1.41. The second-order valence-electron chi connectivity index (χ2n) is 2.98. The van der Waals surface area contributed by atoms with Gasteiger partial charge in [0.2, 0.25) is 0 Å². The Bertz CT molecular complexity index is 477. The normalized spacial score (nSPS) is 11.4. The highest BCUT2D eigenvalue weighted by molar-refractivity contribution is 7.90. The molecule has 0 atom stereocenters. The van der Waals surface area contributed by atoms with Crippen LogP contribution in [0.5, 0.6) is 0 Å². The van der Waals surface area contributed by atoms with E-state index < -0.39 is 15.7 Å². The topological polar surface area (TPSA) is 51.2 Å². The maximum atomic E-state index is 13.4. The van der Waals surface area contributed by atoms with Gasteiger partial charge in [-0.25, -0.2) is 12.8 Å². The lowest BCUT2D eigenvalue weighted by molar-refractivity contribution is 0.112. The van der Waals surface area contributed by atoms with E-state index in [4.69, 9.17) is 0 Å². The van der Waals surface area contributed by atoms with Gasteiger partial charge in [-0.3, -0.25) is 4.79 Å². The molecule has 0 bridgehead atoms. The molecule has 0 spiro atoms. The lowest BCUT2D eigenvalue weighted by atomic mass is 10.1. The third-order valence-electron chi connectivity index (χ3n) is 1.92. The predicted octanol–water partition coefficient (Wildman–Crippen LogP) is 1.35. The first-order valence-corrected chi connectivity index (χ1v) is 5.71. The van der Waals surface area contributed by atoms with Crippen molar-refractivity contribution >= 4 is 16.1 Å². The van der Waals surface area contributed by atoms with E-state index in [0.29, 0.717) is 6.29 Å². The lowest BCUT2D eigenvalue weighted by Gasteiger charge is -2.04. The van der Waals surface area contributed by atoms with Crippen LogP contribution in [0.15, 0.2) is 17.0 Å². The number of halogens is 1. The summed E-state index contributed by atoms with van der Waals surface area (Å²) in [5, 5.41) is 0. The number of hydrogen-bond acceptors (Lipinski definition) is 3. The van der Waals surface area contributed by atoms with Gasteiger partial charge in [-0.1, -0.05) is 0 Å². The van der Waals surface area contributed by atoms with Gasteiger partial charge in [0.05, 0.1) is 0 Å². The van der Waals surface area contributed by atoms with Gasteiger partial charge in [-0.15, -0.1) is 0 Å². The minimum absolute atomic E-state index is 0.0583. The van der Waals surface area contributed by atoms with Gasteiger partial charge in [0.15, 0.2) is 9.84 Å². The van der Waals surface area contributed by atoms with Crippen molar-refractivity contribution in [2.45, 2.75) is 11.8 Å². The highest BCUT2D eigenvalue weighted by atomic mass is 32.2. The zero-order valence-corrected chi connectivity index (χ0v) is 8.56. The van der Waals surface area contributed by atoms with Crippen LogP contribution in [0.1, 0.15) is 15.9 Å². The fraction of sp³-hybridized carbons (Fsp3) is 0.222. The van der Waals surface area contributed by atoms with Crippen LogP contribution < -0.4 is 0 Å². The maximum absolute atomic E-state index is 13.4. The molecule has 0 aliphatic rings. The van der Waals surface area contributed by atoms with E-state index in [1.54, 1.807) is 0 Å². The molecule has 76 valence electrons. The molecule has 0 saturated heterocycles. The van der Waals surface area contributed by atoms with Gasteiger partial charge in [0, 0.05) is 11.8 Å². The molecule has 1 aromatic carbocycles. The number of sulfone groups is 1. The van der Waals surface area contributed by atoms with Crippen LogP contribution in [-0.4, -0.2) is 21.0 Å². The molecule has 0 aromatic heterocycles. The van der Waals surface area contributed by atoms with Crippen molar-refractivity contribution in [1.29, 1.82) is 0 Å². The molecule has 0 heterocycles. The number of hydrogen-bond donors (Lipinski definition) is 0. The molecule has 3 nitrogen and oxygen atoms in total. The molecule has 0 saturated carbocycles. The first-order valence-electron chi connectivity index (χ1n) is 3.82. The molecular weight excluding hydrogens is 207 g/mol. The number of benzene rings is 1. The zero-order valence-electron chi connectivity index (χ0n) is 7.74. The molecule has 1 aromatic rings. The summed E-state index contributed by atoms with van der Waals surface area (Å²) in [6, 6.07) is 2.39. The molecule has 14 heavy (non-hydrogen) atoms. The minimum atomic E-state index is -3.57. The SMILES string of the molecule is Cc1c(C=O)ccc(S(C)(=O)=O)c1F. The predicted molar refractivity (Wildman–Crippen MR) is 49.6 cm³/mol. The van der Waals surface area contributed by atoms with Crippen molar-refractivity contribution < 1.29 is 17.6 Å². The third kappa shape index (κ3) is 1.82. The first kappa shape index (κ1) is 10.8. The van der Waals surface area contributed by atoms with Gasteiger partial charge >= 0.3 is 0 Å². The Labute approximate surface area is 81.5 Å². The molecular formula is C9H9FO3S. The van der Waals surface area contributed by atoms with E-state index >= 15 is 0 Å². The summed E-state index contributed by atoms with van der Waals surface area (Å²) in [5.41, 5.74) is 0.220. The highest BCUT2D eigenvalue weighted by Crippen LogP contribution is 2.19. The van der Waals surface area contributed by atoms with Crippen molar-refractivity contribution in [1.82, 2.24) is 0 Å². The Balaban J connectivity index is 3.54. The van der Waals surface area contributed by atoms with Crippen LogP contribution in [-0.2, 0) is 9.84 Å². The first-order chi connectivity index (χ1) is 6.38. The fourth-order valence-electron chi connectivity index (χ4n) is 1.09. The van der Waals surface area contributed by atoms with E-state index in [9.17, 15) is 17.6 Å². The maximum Gasteiger partial charge on any atom is 0.178 e. The van der Waals surface area contributed by atoms with Gasteiger partial charge in [-0.2, -0.15) is 0 Å². The number of carbonyl (C=O) groups is 1. The Hall–Kier alpha value is -1.23. The summed E-state index contributed by atoms with van der Waals surface area (Å²) in [5.74, 6) is -0.850. The standard InChI is InChI=1S/C9H9FO3S/c1-6-7(5-11)3-4-8(9(6)10)14(2,12)13/h3-5H,1-2H3. The van der Waals surface area contributed by atoms with Crippen LogP contribution in [0.3, 0.4) is 0 Å². The van der Waals surface area contributed by atoms with Gasteiger partial charge in [0.25, 0.3) is 0 Å². The van der Waals surface area contributed by atoms with Crippen LogP contribution >= 0.6 is 0 Å². The van der Waals surface area contributed by atoms with Crippen LogP contribution in [0.25, 0.3) is 0 Å². The largest absolute Gasteiger partial charge is 0.298 e. The van der Waals surface area contributed by atoms with Crippen LogP contribution in [0, 0.1) is 12.7 Å². The molecule has 0 aliphatic carbocycles. The minimum Gasteiger partial charge on any atom is -0.298 e. The molecule has 0 aliphatic heterocycles. The van der Waals surface area contributed by atoms with Crippen molar-refractivity contribution in [2.75, 3.05) is 6.26 Å². The second kappa shape index (κ2) is 3.49. The van der Waals surface area contributed by atoms with Gasteiger partial charge in [0.1, 0.15) is 17.0 Å². The van der Waals surface area contributed by atoms with Crippen molar-refractivity contribution in [3.05, 3.63) is 29.1 Å². The van der Waals surface area contributed by atoms with Crippen molar-refractivity contribution in [2.24, 2.45) is 0 Å². The van der Waals surface area contributed by atoms with E-state index in [1.165, 1.54) is 13.0 Å². The Morgan fingerprint density at radius 1 is 1.36 bits per heavy atom. The van der Waals surface area contributed by atoms with Crippen LogP contribution in [0.4, 0.5) is 4.39 Å². The number of rotatable bonds is 2. The lowest BCUT2D eigenvalue weighted by Crippen LogP contribution is -2.04. The quantitative estimate of drug-likeness (QED) is 0.701. The van der Waals surface area contributed by atoms with E-state index in [-0.39, 0.29) is 16.0 Å². The summed E-state index contributed by atoms with van der Waals surface area (Å²) < 4.78 is 35.6. The average molecular weight is 216 g/mol. The molecule has 1 rings (SSSR count). The molecule has 0 amide bonds. The Morgan fingerprint density at radius 2 is 1.93 bits per heavy atom. The molecule has 0 fully saturated rings. The average Bonchev–Trinajstić information content (AvgIpc) is 2.07. The smallest absolute Gasteiger partial charge is 0.178 e. The van der Waals surface area contributed by atoms with Gasteiger partial charge in [-0.05, 0) is 24.6 Å². The summed E-state index contributed by atoms with van der Waals surface area (Å²) >= 11 is 0. The van der Waals surface area contributed by atoms with E-state index in [2.05, 4.69) is 0 Å². The Kier molecular flexibility index (Phi) is 2.71. The molecule has 5 heteroatoms. The molecule has 0 radical (unpaired) electrons. The summed E-state index contributed by atoms with van der Waals surface area (Å²) in [7, 11) is -3.57. The highest BCUT2D eigenvalue weighted by Gasteiger charge is 2.16. The monoisotopic (exact) mass is 216 g/mol.